The first-order chi connectivity index (χ1) is 10.5. The fraction of sp³-hybridized carbons (Fsp3) is 0.882. The highest BCUT2D eigenvalue weighted by molar-refractivity contribution is 5.84. The number of hydrogen-bond acceptors (Lipinski definition) is 4. The van der Waals surface area contributed by atoms with Crippen molar-refractivity contribution in [2.75, 3.05) is 19.6 Å². The average Bonchev–Trinajstić information content (AvgIpc) is 2.49. The van der Waals surface area contributed by atoms with E-state index < -0.39 is 6.04 Å². The number of amidine groups is 1. The molecule has 5 N–H and O–H groups in total. The number of nitrogens with two attached hydrogens (primary N) is 1. The Labute approximate surface area is 136 Å². The minimum Gasteiger partial charge on any atom is -0.374 e. The Morgan fingerprint density at radius 3 is 2.41 bits per heavy atom. The molecule has 130 valence electrons. The van der Waals surface area contributed by atoms with Crippen molar-refractivity contribution < 1.29 is 4.79 Å². The van der Waals surface area contributed by atoms with Crippen LogP contribution in [0.25, 0.3) is 0 Å². The quantitative estimate of drug-likeness (QED) is 0.225. The maximum Gasteiger partial charge on any atom is 0.149 e. The molecule has 0 bridgehead atoms. The predicted octanol–water partition coefficient (Wildman–Crippen LogP) is 2.45. The van der Waals surface area contributed by atoms with E-state index in [0.29, 0.717) is 31.1 Å². The van der Waals surface area contributed by atoms with Crippen molar-refractivity contribution in [3.8, 4) is 0 Å². The Balaban J connectivity index is 3.70. The third-order valence-electron chi connectivity index (χ3n) is 3.83. The maximum absolute atomic E-state index is 12.0. The van der Waals surface area contributed by atoms with Crippen LogP contribution in [0.3, 0.4) is 0 Å². The molecule has 0 fully saturated rings. The van der Waals surface area contributed by atoms with Gasteiger partial charge in [0.2, 0.25) is 0 Å². The zero-order valence-corrected chi connectivity index (χ0v) is 14.7. The van der Waals surface area contributed by atoms with Gasteiger partial charge >= 0.3 is 0 Å². The zero-order chi connectivity index (χ0) is 16.8. The van der Waals surface area contributed by atoms with E-state index in [-0.39, 0.29) is 5.78 Å². The largest absolute Gasteiger partial charge is 0.374 e. The lowest BCUT2D eigenvalue weighted by molar-refractivity contribution is -0.120. The summed E-state index contributed by atoms with van der Waals surface area (Å²) in [7, 11) is 0. The van der Waals surface area contributed by atoms with Crippen LogP contribution in [0.4, 0.5) is 0 Å². The molecule has 5 heteroatoms. The van der Waals surface area contributed by atoms with Crippen molar-refractivity contribution >= 4 is 11.6 Å². The lowest BCUT2D eigenvalue weighted by atomic mass is 9.97. The van der Waals surface area contributed by atoms with Crippen LogP contribution in [0, 0.1) is 11.3 Å². The van der Waals surface area contributed by atoms with Crippen LogP contribution in [0.1, 0.15) is 65.7 Å². The third-order valence-corrected chi connectivity index (χ3v) is 3.83. The molecule has 22 heavy (non-hydrogen) atoms. The molecular formula is C17H36N4O. The van der Waals surface area contributed by atoms with E-state index in [9.17, 15) is 4.79 Å². The van der Waals surface area contributed by atoms with E-state index >= 15 is 0 Å². The highest BCUT2D eigenvalue weighted by Gasteiger charge is 2.14. The van der Waals surface area contributed by atoms with E-state index in [0.717, 1.165) is 45.2 Å². The van der Waals surface area contributed by atoms with Crippen molar-refractivity contribution in [1.82, 2.24) is 10.6 Å². The monoisotopic (exact) mass is 312 g/mol. The van der Waals surface area contributed by atoms with Crippen molar-refractivity contribution in [3.63, 3.8) is 0 Å². The number of nitrogens with one attached hydrogen (secondary N) is 3. The number of ketones is 1. The number of hydrogen-bond donors (Lipinski definition) is 4. The Kier molecular flexibility index (Phi) is 13.1. The van der Waals surface area contributed by atoms with Crippen LogP contribution in [-0.2, 0) is 4.79 Å². The summed E-state index contributed by atoms with van der Waals surface area (Å²) in [5.74, 6) is 1.24. The summed E-state index contributed by atoms with van der Waals surface area (Å²) in [5.41, 5.74) is 5.93. The second-order valence-electron chi connectivity index (χ2n) is 6.20. The van der Waals surface area contributed by atoms with Crippen molar-refractivity contribution in [3.05, 3.63) is 0 Å². The molecule has 2 atom stereocenters. The Morgan fingerprint density at radius 1 is 1.05 bits per heavy atom. The Bertz CT molecular complexity index is 307. The van der Waals surface area contributed by atoms with Crippen molar-refractivity contribution in [1.29, 1.82) is 5.41 Å². The topological polar surface area (TPSA) is 91.0 Å². The van der Waals surface area contributed by atoms with Crippen LogP contribution in [0.15, 0.2) is 0 Å². The summed E-state index contributed by atoms with van der Waals surface area (Å²) in [5, 5.41) is 14.0. The molecule has 5 nitrogen and oxygen atoms in total. The molecule has 0 aromatic heterocycles. The highest BCUT2D eigenvalue weighted by atomic mass is 16.1. The number of Topliss-reactive ketones (excluding diaryl/α,β-unsaturated/α-hetero) is 1. The highest BCUT2D eigenvalue weighted by Crippen LogP contribution is 2.11. The van der Waals surface area contributed by atoms with E-state index in [1.54, 1.807) is 0 Å². The summed E-state index contributed by atoms with van der Waals surface area (Å²) in [6, 6.07) is -0.396. The van der Waals surface area contributed by atoms with Gasteiger partial charge in [0.05, 0.1) is 11.9 Å². The molecule has 0 heterocycles. The van der Waals surface area contributed by atoms with Gasteiger partial charge in [0.1, 0.15) is 5.78 Å². The molecule has 0 saturated heterocycles. The molecule has 0 aliphatic carbocycles. The van der Waals surface area contributed by atoms with Gasteiger partial charge in [0.25, 0.3) is 0 Å². The summed E-state index contributed by atoms with van der Waals surface area (Å²) >= 11 is 0. The van der Waals surface area contributed by atoms with E-state index in [4.69, 9.17) is 11.1 Å². The van der Waals surface area contributed by atoms with E-state index in [1.807, 2.05) is 6.92 Å². The standard InChI is InChI=1S/C17H36N4O/c1-4-6-17(19)21-13-10-15(18)16(22)8-7-14(3)9-12-20-11-5-2/h14-15,20H,4-13,18H2,1-3H3,(H2,19,21). The van der Waals surface area contributed by atoms with Gasteiger partial charge in [-0.15, -0.1) is 0 Å². The van der Waals surface area contributed by atoms with Gasteiger partial charge in [-0.05, 0) is 51.1 Å². The summed E-state index contributed by atoms with van der Waals surface area (Å²) < 4.78 is 0. The smallest absolute Gasteiger partial charge is 0.149 e. The first-order valence-electron chi connectivity index (χ1n) is 8.81. The predicted molar refractivity (Wildman–Crippen MR) is 94.4 cm³/mol. The molecule has 2 unspecified atom stereocenters. The van der Waals surface area contributed by atoms with Crippen LogP contribution in [-0.4, -0.2) is 37.3 Å². The zero-order valence-electron chi connectivity index (χ0n) is 14.7. The van der Waals surface area contributed by atoms with Gasteiger partial charge in [0.15, 0.2) is 0 Å². The molecular weight excluding hydrogens is 276 g/mol. The molecule has 0 aromatic carbocycles. The summed E-state index contributed by atoms with van der Waals surface area (Å²) in [6.07, 6.45) is 6.08. The third kappa shape index (κ3) is 11.7. The first kappa shape index (κ1) is 21.1. The fourth-order valence-corrected chi connectivity index (χ4v) is 2.25. The lowest BCUT2D eigenvalue weighted by Crippen LogP contribution is -2.35. The number of carbonyl (C=O) groups excluding carboxylic acids is 1. The van der Waals surface area contributed by atoms with Crippen LogP contribution < -0.4 is 16.4 Å². The van der Waals surface area contributed by atoms with Gasteiger partial charge in [-0.25, -0.2) is 0 Å². The lowest BCUT2D eigenvalue weighted by Gasteiger charge is -2.15. The SMILES string of the molecule is CCCNCCC(C)CCC(=O)C(N)CCNC(=N)CCC. The maximum atomic E-state index is 12.0. The first-order valence-corrected chi connectivity index (χ1v) is 8.81. The number of rotatable bonds is 14. The van der Waals surface area contributed by atoms with Gasteiger partial charge in [-0.3, -0.25) is 10.2 Å². The minimum absolute atomic E-state index is 0.150. The van der Waals surface area contributed by atoms with Crippen molar-refractivity contribution in [2.45, 2.75) is 71.8 Å². The molecule has 0 saturated carbocycles. The molecule has 0 amide bonds. The number of carbonyl (C=O) groups is 1. The van der Waals surface area contributed by atoms with Gasteiger partial charge in [-0.1, -0.05) is 20.8 Å². The second kappa shape index (κ2) is 13.7. The summed E-state index contributed by atoms with van der Waals surface area (Å²) in [4.78, 5) is 12.0. The Morgan fingerprint density at radius 2 is 1.77 bits per heavy atom. The average molecular weight is 313 g/mol. The normalized spacial score (nSPS) is 13.6. The van der Waals surface area contributed by atoms with Gasteiger partial charge < -0.3 is 16.4 Å². The second-order valence-corrected chi connectivity index (χ2v) is 6.20. The van der Waals surface area contributed by atoms with E-state index in [2.05, 4.69) is 24.5 Å². The molecule has 0 rings (SSSR count). The van der Waals surface area contributed by atoms with E-state index in [1.165, 1.54) is 0 Å². The van der Waals surface area contributed by atoms with Crippen LogP contribution in [0.5, 0.6) is 0 Å². The van der Waals surface area contributed by atoms with Gasteiger partial charge in [0, 0.05) is 19.4 Å². The molecule has 0 aromatic rings. The van der Waals surface area contributed by atoms with Crippen molar-refractivity contribution in [2.24, 2.45) is 11.7 Å². The molecule has 0 spiro atoms. The molecule has 0 aliphatic rings. The summed E-state index contributed by atoms with van der Waals surface area (Å²) in [6.45, 7) is 9.11. The fourth-order valence-electron chi connectivity index (χ4n) is 2.25. The van der Waals surface area contributed by atoms with Crippen LogP contribution in [0.2, 0.25) is 0 Å². The Hall–Kier alpha value is -0.940. The van der Waals surface area contributed by atoms with Gasteiger partial charge in [-0.2, -0.15) is 0 Å². The minimum atomic E-state index is -0.396. The molecule has 0 radical (unpaired) electrons. The van der Waals surface area contributed by atoms with Crippen LogP contribution >= 0.6 is 0 Å². The molecule has 0 aliphatic heterocycles.